The van der Waals surface area contributed by atoms with Crippen LogP contribution in [0.15, 0.2) is 11.5 Å². The van der Waals surface area contributed by atoms with Crippen molar-refractivity contribution in [1.82, 2.24) is 9.97 Å². The molecule has 1 unspecified atom stereocenters. The highest BCUT2D eigenvalue weighted by atomic mass is 32.2. The van der Waals surface area contributed by atoms with Gasteiger partial charge in [-0.15, -0.1) is 0 Å². The lowest BCUT2D eigenvalue weighted by molar-refractivity contribution is -0.155. The van der Waals surface area contributed by atoms with Gasteiger partial charge in [0.1, 0.15) is 17.7 Å². The second-order valence-electron chi connectivity index (χ2n) is 7.70. The van der Waals surface area contributed by atoms with Gasteiger partial charge in [-0.1, -0.05) is 6.08 Å². The minimum absolute atomic E-state index is 0.0246. The predicted octanol–water partition coefficient (Wildman–Crippen LogP) is 2.28. The summed E-state index contributed by atoms with van der Waals surface area (Å²) < 4.78 is 35.2. The van der Waals surface area contributed by atoms with Gasteiger partial charge in [-0.25, -0.2) is 18.4 Å². The lowest BCUT2D eigenvalue weighted by Crippen LogP contribution is -2.35. The van der Waals surface area contributed by atoms with Crippen LogP contribution in [-0.4, -0.2) is 48.7 Å². The Balaban J connectivity index is 1.87. The van der Waals surface area contributed by atoms with Crippen LogP contribution in [0.3, 0.4) is 0 Å². The van der Waals surface area contributed by atoms with E-state index in [-0.39, 0.29) is 24.2 Å². The van der Waals surface area contributed by atoms with Crippen LogP contribution in [0.2, 0.25) is 0 Å². The summed E-state index contributed by atoms with van der Waals surface area (Å²) in [5.74, 6) is 0.764. The summed E-state index contributed by atoms with van der Waals surface area (Å²) in [5, 5.41) is 4.75. The topological polar surface area (TPSA) is 90.4 Å². The number of ether oxygens (including phenoxy) is 2. The van der Waals surface area contributed by atoms with Gasteiger partial charge in [0, 0.05) is 28.8 Å². The fourth-order valence-corrected chi connectivity index (χ4v) is 4.17. The van der Waals surface area contributed by atoms with E-state index >= 15 is 0 Å². The zero-order chi connectivity index (χ0) is 19.3. The largest absolute Gasteiger partial charge is 0.364 e. The van der Waals surface area contributed by atoms with E-state index < -0.39 is 15.6 Å². The molecule has 1 aliphatic carbocycles. The summed E-state index contributed by atoms with van der Waals surface area (Å²) in [6.07, 6.45) is 3.26. The van der Waals surface area contributed by atoms with Crippen molar-refractivity contribution in [1.29, 1.82) is 0 Å². The molecule has 144 valence electrons. The summed E-state index contributed by atoms with van der Waals surface area (Å²) in [4.78, 5) is 8.91. The summed E-state index contributed by atoms with van der Waals surface area (Å²) in [7, 11) is -3.18. The lowest BCUT2D eigenvalue weighted by Gasteiger charge is -2.24. The first kappa shape index (κ1) is 19.3. The van der Waals surface area contributed by atoms with Crippen molar-refractivity contribution in [3.63, 3.8) is 0 Å². The molecule has 2 heterocycles. The van der Waals surface area contributed by atoms with Crippen LogP contribution >= 0.6 is 0 Å². The van der Waals surface area contributed by atoms with Crippen molar-refractivity contribution in [2.75, 3.05) is 11.6 Å². The molecule has 1 N–H and O–H groups in total. The van der Waals surface area contributed by atoms with E-state index in [2.05, 4.69) is 15.3 Å². The van der Waals surface area contributed by atoms with Crippen LogP contribution in [0, 0.1) is 26.7 Å². The number of aromatic nitrogens is 2. The van der Waals surface area contributed by atoms with E-state index in [4.69, 9.17) is 9.47 Å². The smallest absolute Gasteiger partial charge is 0.168 e. The van der Waals surface area contributed by atoms with Gasteiger partial charge >= 0.3 is 0 Å². The Kier molecular flexibility index (Phi) is 4.87. The molecular formula is C18H27N3O4S. The number of aryl methyl sites for hydroxylation is 2. The van der Waals surface area contributed by atoms with Crippen LogP contribution < -0.4 is 5.32 Å². The second-order valence-corrected chi connectivity index (χ2v) is 9.63. The first-order valence-electron chi connectivity index (χ1n) is 8.77. The lowest BCUT2D eigenvalue weighted by atomic mass is 10.1. The van der Waals surface area contributed by atoms with Crippen molar-refractivity contribution < 1.29 is 17.9 Å². The zero-order valence-electron chi connectivity index (χ0n) is 16.1. The fraction of sp³-hybridized carbons (Fsp3) is 0.667. The van der Waals surface area contributed by atoms with Gasteiger partial charge in [0.25, 0.3) is 0 Å². The summed E-state index contributed by atoms with van der Waals surface area (Å²) in [5.41, 5.74) is 1.94. The first-order valence-corrected chi connectivity index (χ1v) is 10.7. The van der Waals surface area contributed by atoms with Crippen LogP contribution in [0.25, 0.3) is 0 Å². The third-order valence-electron chi connectivity index (χ3n) is 4.90. The van der Waals surface area contributed by atoms with Gasteiger partial charge < -0.3 is 14.8 Å². The molecule has 0 amide bonds. The minimum Gasteiger partial charge on any atom is -0.364 e. The minimum atomic E-state index is -3.18. The maximum atomic E-state index is 11.5. The Hall–Kier alpha value is -1.51. The van der Waals surface area contributed by atoms with E-state index in [1.165, 1.54) is 11.7 Å². The van der Waals surface area contributed by atoms with E-state index in [1.807, 2.05) is 34.6 Å². The monoisotopic (exact) mass is 381 g/mol. The van der Waals surface area contributed by atoms with Crippen LogP contribution in [0.1, 0.15) is 37.4 Å². The molecule has 26 heavy (non-hydrogen) atoms. The van der Waals surface area contributed by atoms with Crippen molar-refractivity contribution in [2.45, 2.75) is 65.1 Å². The van der Waals surface area contributed by atoms with Gasteiger partial charge in [0.05, 0.1) is 12.1 Å². The Bertz CT molecular complexity index is 835. The number of nitrogens with zero attached hydrogens (tertiary/aromatic N) is 2. The normalized spacial score (nSPS) is 30.7. The van der Waals surface area contributed by atoms with Gasteiger partial charge in [0.2, 0.25) is 0 Å². The SMILES string of the molecule is Cc1nc(C)c(C)c(N[C@@H]2CC(/C=C/S(C)(=O)=O)[C@H]3OC(C)(C)O[C@H]32)n1. The Morgan fingerprint density at radius 2 is 1.81 bits per heavy atom. The number of anilines is 1. The third-order valence-corrected chi connectivity index (χ3v) is 5.56. The highest BCUT2D eigenvalue weighted by Gasteiger charge is 2.53. The average Bonchev–Trinajstić information content (AvgIpc) is 2.96. The number of nitrogens with one attached hydrogen (secondary N) is 1. The van der Waals surface area contributed by atoms with Crippen LogP contribution in [-0.2, 0) is 19.3 Å². The molecule has 4 atom stereocenters. The van der Waals surface area contributed by atoms with E-state index in [1.54, 1.807) is 6.08 Å². The quantitative estimate of drug-likeness (QED) is 0.855. The fourth-order valence-electron chi connectivity index (χ4n) is 3.68. The van der Waals surface area contributed by atoms with Crippen molar-refractivity contribution in [2.24, 2.45) is 5.92 Å². The number of sulfone groups is 1. The van der Waals surface area contributed by atoms with Gasteiger partial charge in [-0.2, -0.15) is 0 Å². The molecule has 1 aromatic rings. The molecule has 1 aromatic heterocycles. The molecule has 0 radical (unpaired) electrons. The van der Waals surface area contributed by atoms with Gasteiger partial charge in [-0.3, -0.25) is 0 Å². The van der Waals surface area contributed by atoms with E-state index in [0.717, 1.165) is 17.1 Å². The molecule has 3 rings (SSSR count). The second kappa shape index (κ2) is 6.58. The highest BCUT2D eigenvalue weighted by Crippen LogP contribution is 2.43. The van der Waals surface area contributed by atoms with Crippen molar-refractivity contribution >= 4 is 15.7 Å². The molecule has 0 aromatic carbocycles. The molecule has 8 heteroatoms. The average molecular weight is 381 g/mol. The van der Waals surface area contributed by atoms with E-state index in [0.29, 0.717) is 12.2 Å². The first-order chi connectivity index (χ1) is 12.0. The van der Waals surface area contributed by atoms with Crippen LogP contribution in [0.4, 0.5) is 5.82 Å². The Labute approximate surface area is 155 Å². The molecule has 0 bridgehead atoms. The van der Waals surface area contributed by atoms with Crippen LogP contribution in [0.5, 0.6) is 0 Å². The zero-order valence-corrected chi connectivity index (χ0v) is 16.9. The van der Waals surface area contributed by atoms with Crippen molar-refractivity contribution in [3.05, 3.63) is 28.6 Å². The summed E-state index contributed by atoms with van der Waals surface area (Å²) in [6, 6.07) is -0.0246. The number of hydrogen-bond donors (Lipinski definition) is 1. The predicted molar refractivity (Wildman–Crippen MR) is 99.6 cm³/mol. The number of hydrogen-bond acceptors (Lipinski definition) is 7. The molecule has 1 saturated heterocycles. The maximum absolute atomic E-state index is 11.5. The highest BCUT2D eigenvalue weighted by molar-refractivity contribution is 7.93. The summed E-state index contributed by atoms with van der Waals surface area (Å²) in [6.45, 7) is 9.57. The third kappa shape index (κ3) is 4.07. The Morgan fingerprint density at radius 3 is 2.46 bits per heavy atom. The standard InChI is InChI=1S/C18H27N3O4S/c1-10-11(2)19-12(3)20-17(10)21-14-9-13(7-8-26(6,22)23)15-16(14)25-18(4,5)24-15/h7-8,13-16H,9H2,1-6H3,(H,19,20,21)/b8-7+/t13?,14-,15-,16+/m1/s1. The number of fused-ring (bicyclic) bond motifs is 1. The van der Waals surface area contributed by atoms with Gasteiger partial charge in [0.15, 0.2) is 15.6 Å². The molecule has 2 fully saturated rings. The number of rotatable bonds is 4. The van der Waals surface area contributed by atoms with Crippen molar-refractivity contribution in [3.8, 4) is 0 Å². The Morgan fingerprint density at radius 1 is 1.15 bits per heavy atom. The maximum Gasteiger partial charge on any atom is 0.168 e. The molecular weight excluding hydrogens is 354 g/mol. The van der Waals surface area contributed by atoms with E-state index in [9.17, 15) is 8.42 Å². The molecule has 2 aliphatic rings. The van der Waals surface area contributed by atoms with Gasteiger partial charge in [-0.05, 0) is 41.0 Å². The molecule has 7 nitrogen and oxygen atoms in total. The summed E-state index contributed by atoms with van der Waals surface area (Å²) >= 11 is 0. The molecule has 1 saturated carbocycles. The molecule has 1 aliphatic heterocycles. The molecule has 0 spiro atoms.